The number of halogens is 6. The SMILES string of the molecule is CC(O)CC(C)O.CC(O)CC(C)O.CC(O)CC(C)O.Cc1c(F)c(F)[c-]c(-c2nnc(-c3cc(F)c(F)c(C)c3F)o2)c1F.[Ir].[Ir].[Ir].[c-]1cc(-c2ccccc2)ccc1-c1nnc(-c2ccc(-c3ccccc3)cc2)o1.[c-]1cccc(-c2ccccc2)c1-c1nnc(-c2ccccc2-c2ccccc2)o1. The number of benzene rings is 10. The van der Waals surface area contributed by atoms with Crippen molar-refractivity contribution in [3.63, 3.8) is 0 Å². The molecule has 10 aromatic carbocycles. The van der Waals surface area contributed by atoms with E-state index in [1.165, 1.54) is 5.56 Å². The van der Waals surface area contributed by atoms with Crippen LogP contribution in [0.2, 0.25) is 0 Å². The van der Waals surface area contributed by atoms with Gasteiger partial charge in [-0.3, -0.25) is 8.78 Å². The van der Waals surface area contributed by atoms with Gasteiger partial charge in [0.05, 0.1) is 53.8 Å². The second-order valence-corrected chi connectivity index (χ2v) is 24.3. The molecule has 24 heteroatoms. The average Bonchev–Trinajstić information content (AvgIpc) is 1.72. The van der Waals surface area contributed by atoms with Crippen molar-refractivity contribution in [2.24, 2.45) is 0 Å². The number of nitrogens with zero attached hydrogens (tertiary/aromatic N) is 6. The molecule has 6 N–H and O–H groups in total. The minimum Gasteiger partial charge on any atom is -0.464 e. The summed E-state index contributed by atoms with van der Waals surface area (Å²) in [5, 5.41) is 75.3. The topological polar surface area (TPSA) is 238 Å². The Labute approximate surface area is 657 Å². The first kappa shape index (κ1) is 88.5. The number of hydrogen-bond acceptors (Lipinski definition) is 15. The molecule has 0 fully saturated rings. The quantitative estimate of drug-likeness (QED) is 0.0300. The Balaban J connectivity index is 0.000000251. The van der Waals surface area contributed by atoms with Gasteiger partial charge in [-0.1, -0.05) is 204 Å². The summed E-state index contributed by atoms with van der Waals surface area (Å²) in [6.07, 6.45) is -0.833. The fraction of sp³-hybridized carbons (Fsp3) is 0.205. The summed E-state index contributed by atoms with van der Waals surface area (Å²) in [6.45, 7) is 11.9. The third kappa shape index (κ3) is 25.8. The zero-order chi connectivity index (χ0) is 75.0. The summed E-state index contributed by atoms with van der Waals surface area (Å²) >= 11 is 0. The van der Waals surface area contributed by atoms with E-state index in [-0.39, 0.29) is 96.9 Å². The summed E-state index contributed by atoms with van der Waals surface area (Å²) < 4.78 is 98.6. The van der Waals surface area contributed by atoms with E-state index in [2.05, 4.69) is 109 Å². The predicted octanol–water partition coefficient (Wildman–Crippen LogP) is 18.1. The van der Waals surface area contributed by atoms with Crippen LogP contribution in [0.1, 0.15) is 71.9 Å². The van der Waals surface area contributed by atoms with Crippen LogP contribution in [0.25, 0.3) is 113 Å². The van der Waals surface area contributed by atoms with Gasteiger partial charge in [-0.2, -0.15) is 15.3 Å². The van der Waals surface area contributed by atoms with Crippen LogP contribution in [0.3, 0.4) is 0 Å². The van der Waals surface area contributed by atoms with Crippen LogP contribution in [0.15, 0.2) is 226 Å². The molecular formula is C83H77F6Ir3N6O9-3. The molecule has 6 unspecified atom stereocenters. The van der Waals surface area contributed by atoms with E-state index >= 15 is 0 Å². The Hall–Kier alpha value is -9.09. The van der Waals surface area contributed by atoms with Crippen LogP contribution in [-0.4, -0.2) is 97.9 Å². The normalized spacial score (nSPS) is 12.1. The average molecular weight is 1990 g/mol. The van der Waals surface area contributed by atoms with E-state index < -0.39 is 68.9 Å². The summed E-state index contributed by atoms with van der Waals surface area (Å²) in [6, 6.07) is 77.7. The molecule has 3 heterocycles. The Morgan fingerprint density at radius 1 is 0.327 bits per heavy atom. The zero-order valence-electron chi connectivity index (χ0n) is 59.2. The third-order valence-corrected chi connectivity index (χ3v) is 15.2. The van der Waals surface area contributed by atoms with Crippen molar-refractivity contribution < 1.29 is 131 Å². The Kier molecular flexibility index (Phi) is 36.1. The van der Waals surface area contributed by atoms with Crippen LogP contribution >= 0.6 is 0 Å². The molecule has 565 valence electrons. The van der Waals surface area contributed by atoms with Crippen LogP contribution in [0.5, 0.6) is 0 Å². The Morgan fingerprint density at radius 3 is 1.17 bits per heavy atom. The first-order chi connectivity index (χ1) is 49.9. The van der Waals surface area contributed by atoms with Crippen molar-refractivity contribution in [1.82, 2.24) is 30.6 Å². The molecule has 13 rings (SSSR count). The van der Waals surface area contributed by atoms with Crippen LogP contribution < -0.4 is 0 Å². The van der Waals surface area contributed by atoms with E-state index in [0.717, 1.165) is 75.0 Å². The van der Waals surface area contributed by atoms with Gasteiger partial charge < -0.3 is 43.9 Å². The molecule has 0 aliphatic carbocycles. The number of hydrogen-bond donors (Lipinski definition) is 6. The third-order valence-electron chi connectivity index (χ3n) is 15.2. The molecule has 107 heavy (non-hydrogen) atoms. The van der Waals surface area contributed by atoms with Gasteiger partial charge in [-0.15, -0.1) is 63.8 Å². The fourth-order valence-electron chi connectivity index (χ4n) is 10.3. The van der Waals surface area contributed by atoms with Crippen molar-refractivity contribution >= 4 is 0 Å². The minimum absolute atomic E-state index is 0. The number of aliphatic hydroxyl groups excluding tert-OH is 6. The van der Waals surface area contributed by atoms with Gasteiger partial charge >= 0.3 is 0 Å². The zero-order valence-corrected chi connectivity index (χ0v) is 66.3. The molecule has 15 nitrogen and oxygen atoms in total. The van der Waals surface area contributed by atoms with Crippen molar-refractivity contribution in [3.05, 3.63) is 277 Å². The number of aliphatic hydroxyl groups is 6. The van der Waals surface area contributed by atoms with Gasteiger partial charge in [0, 0.05) is 82.8 Å². The largest absolute Gasteiger partial charge is 0.464 e. The van der Waals surface area contributed by atoms with Gasteiger partial charge in [-0.25, -0.2) is 17.6 Å². The van der Waals surface area contributed by atoms with Crippen LogP contribution in [-0.2, 0) is 60.3 Å². The van der Waals surface area contributed by atoms with Crippen LogP contribution in [0.4, 0.5) is 26.3 Å². The van der Waals surface area contributed by atoms with E-state index in [4.69, 9.17) is 43.9 Å². The monoisotopic (exact) mass is 1990 g/mol. The molecule has 6 atom stereocenters. The van der Waals surface area contributed by atoms with Crippen LogP contribution in [0, 0.1) is 66.9 Å². The standard InChI is InChI=1S/2C26H17N2O.C16H7F6N2O.3C5H12O2.3Ir/c1-3-11-19(12-4-1)21-15-7-9-17-23(21)25-27-28-26(29-25)24-18-10-8-16-22(24)20-13-5-2-6-14-20;1-3-7-19(8-4-1)21-11-15-23(16-12-21)25-27-28-26(29-25)24-17-13-22(14-18-24)20-9-5-2-6-10-20;1-5-11(19)7(3-9(17)13(5)21)15-23-24-16(25-15)8-4-10(18)14(22)6(2)12(8)20;3*1-4(6)3-5(2)7;;;/h2*1-17H;3H,1-2H3;3*4-7H,3H2,1-2H3;;;/q3*-1;;;;;;. The minimum atomic E-state index is -1.47. The van der Waals surface area contributed by atoms with Gasteiger partial charge in [-0.05, 0) is 120 Å². The molecule has 13 aromatic rings. The Morgan fingerprint density at radius 2 is 0.692 bits per heavy atom. The van der Waals surface area contributed by atoms with Crippen molar-refractivity contribution in [2.75, 3.05) is 0 Å². The molecule has 0 spiro atoms. The molecule has 0 aliphatic heterocycles. The smallest absolute Gasteiger partial charge is 0.240 e. The van der Waals surface area contributed by atoms with Crippen molar-refractivity contribution in [2.45, 2.75) is 111 Å². The van der Waals surface area contributed by atoms with Gasteiger partial charge in [0.2, 0.25) is 17.7 Å². The molecule has 0 bridgehead atoms. The van der Waals surface area contributed by atoms with Crippen molar-refractivity contribution in [3.8, 4) is 113 Å². The second-order valence-electron chi connectivity index (χ2n) is 24.3. The van der Waals surface area contributed by atoms with Gasteiger partial charge in [0.1, 0.15) is 5.82 Å². The molecule has 0 aliphatic rings. The Bertz CT molecular complexity index is 4470. The molecule has 0 amide bonds. The van der Waals surface area contributed by atoms with E-state index in [1.807, 2.05) is 140 Å². The summed E-state index contributed by atoms with van der Waals surface area (Å²) in [7, 11) is 0. The molecule has 0 saturated carbocycles. The maximum atomic E-state index is 14.1. The molecular weight excluding hydrogens is 1920 g/mol. The van der Waals surface area contributed by atoms with Gasteiger partial charge in [0.15, 0.2) is 29.3 Å². The summed E-state index contributed by atoms with van der Waals surface area (Å²) in [5.74, 6) is -7.28. The van der Waals surface area contributed by atoms with E-state index in [9.17, 15) is 26.3 Å². The molecule has 3 radical (unpaired) electrons. The molecule has 0 saturated heterocycles. The maximum absolute atomic E-state index is 14.1. The van der Waals surface area contributed by atoms with E-state index in [0.29, 0.717) is 48.9 Å². The van der Waals surface area contributed by atoms with Crippen molar-refractivity contribution in [1.29, 1.82) is 0 Å². The summed E-state index contributed by atoms with van der Waals surface area (Å²) in [4.78, 5) is 0. The second kappa shape index (κ2) is 43.6. The first-order valence-electron chi connectivity index (χ1n) is 33.1. The first-order valence-corrected chi connectivity index (χ1v) is 33.1. The van der Waals surface area contributed by atoms with Gasteiger partial charge in [0.25, 0.3) is 0 Å². The van der Waals surface area contributed by atoms with E-state index in [1.54, 1.807) is 47.6 Å². The number of rotatable bonds is 16. The predicted molar refractivity (Wildman–Crippen MR) is 387 cm³/mol. The number of aromatic nitrogens is 6. The maximum Gasteiger partial charge on any atom is 0.240 e. The molecule has 3 aromatic heterocycles. The fourth-order valence-corrected chi connectivity index (χ4v) is 10.3. The summed E-state index contributed by atoms with van der Waals surface area (Å²) in [5.41, 5.74) is 9.76.